The highest BCUT2D eigenvalue weighted by Gasteiger charge is 2.47. The molecule has 174 valence electrons. The smallest absolute Gasteiger partial charge is 0.310 e. The zero-order chi connectivity index (χ0) is 23.7. The first-order valence-electron chi connectivity index (χ1n) is 11.5. The van der Waals surface area contributed by atoms with E-state index < -0.39 is 20.5 Å². The molecule has 0 N–H and O–H groups in total. The van der Waals surface area contributed by atoms with Crippen LogP contribution in [-0.4, -0.2) is 26.5 Å². The van der Waals surface area contributed by atoms with Crippen LogP contribution in [0, 0.1) is 0 Å². The van der Waals surface area contributed by atoms with Gasteiger partial charge in [0.15, 0.2) is 26.0 Å². The summed E-state index contributed by atoms with van der Waals surface area (Å²) < 4.78 is 24.5. The number of hydrogen-bond donors (Lipinski definition) is 0. The standard InChI is InChI=1S/C26H30O6Si/c1-14(32-33(5,6)26(2,3)4)11-15-12-18(27)21-22-24(30-19-13-20(28)31-25(19)22)17-10-8-7-9-16(17)23(21)29-15/h7-10,12,14,19,25H,11,13H2,1-6H3. The summed E-state index contributed by atoms with van der Waals surface area (Å²) in [6.45, 7) is 13.1. The largest absolute Gasteiger partial charge is 0.484 e. The molecule has 0 radical (unpaired) electrons. The molecule has 2 aliphatic heterocycles. The average Bonchev–Trinajstić information content (AvgIpc) is 3.23. The van der Waals surface area contributed by atoms with Crippen molar-refractivity contribution >= 4 is 36.0 Å². The minimum Gasteiger partial charge on any atom is -0.484 e. The van der Waals surface area contributed by atoms with Crippen molar-refractivity contribution in [3.05, 3.63) is 51.9 Å². The predicted octanol–water partition coefficient (Wildman–Crippen LogP) is 5.65. The van der Waals surface area contributed by atoms with E-state index in [4.69, 9.17) is 18.3 Å². The Balaban J connectivity index is 1.62. The van der Waals surface area contributed by atoms with Crippen molar-refractivity contribution in [2.45, 2.75) is 77.0 Å². The van der Waals surface area contributed by atoms with Crippen molar-refractivity contribution in [1.29, 1.82) is 0 Å². The second-order valence-corrected chi connectivity index (χ2v) is 15.5. The van der Waals surface area contributed by atoms with Crippen LogP contribution < -0.4 is 10.2 Å². The quantitative estimate of drug-likeness (QED) is 0.281. The van der Waals surface area contributed by atoms with E-state index in [1.54, 1.807) is 6.07 Å². The van der Waals surface area contributed by atoms with Crippen molar-refractivity contribution in [2.24, 2.45) is 0 Å². The van der Waals surface area contributed by atoms with Crippen LogP contribution in [0.25, 0.3) is 21.7 Å². The molecule has 3 aromatic rings. The molecule has 0 aliphatic carbocycles. The lowest BCUT2D eigenvalue weighted by molar-refractivity contribution is -0.141. The minimum absolute atomic E-state index is 0.0873. The first-order valence-corrected chi connectivity index (χ1v) is 14.4. The summed E-state index contributed by atoms with van der Waals surface area (Å²) in [6.07, 6.45) is -0.384. The van der Waals surface area contributed by atoms with Crippen LogP contribution in [-0.2, 0) is 20.4 Å². The third-order valence-electron chi connectivity index (χ3n) is 7.24. The fourth-order valence-corrected chi connectivity index (χ4v) is 6.11. The number of benzene rings is 2. The van der Waals surface area contributed by atoms with Crippen molar-refractivity contribution in [1.82, 2.24) is 0 Å². The maximum atomic E-state index is 13.4. The van der Waals surface area contributed by atoms with Crippen molar-refractivity contribution < 1.29 is 23.1 Å². The van der Waals surface area contributed by atoms with E-state index in [2.05, 4.69) is 33.9 Å². The van der Waals surface area contributed by atoms with Gasteiger partial charge in [0.05, 0.1) is 17.4 Å². The van der Waals surface area contributed by atoms with E-state index in [0.29, 0.717) is 34.5 Å². The van der Waals surface area contributed by atoms with E-state index in [0.717, 1.165) is 10.8 Å². The van der Waals surface area contributed by atoms with Crippen molar-refractivity contribution in [3.63, 3.8) is 0 Å². The Kier molecular flexibility index (Phi) is 4.99. The van der Waals surface area contributed by atoms with Gasteiger partial charge < -0.3 is 18.3 Å². The molecule has 0 amide bonds. The van der Waals surface area contributed by atoms with Gasteiger partial charge in [-0.05, 0) is 25.1 Å². The Morgan fingerprint density at radius 1 is 1.12 bits per heavy atom. The lowest BCUT2D eigenvalue weighted by Gasteiger charge is -2.38. The average molecular weight is 467 g/mol. The highest BCUT2D eigenvalue weighted by atomic mass is 28.4. The maximum absolute atomic E-state index is 13.4. The summed E-state index contributed by atoms with van der Waals surface area (Å²) in [4.78, 5) is 25.3. The van der Waals surface area contributed by atoms with Gasteiger partial charge in [0, 0.05) is 29.4 Å². The van der Waals surface area contributed by atoms with E-state index in [9.17, 15) is 9.59 Å². The molecule has 7 heteroatoms. The molecular weight excluding hydrogens is 436 g/mol. The normalized spacial score (nSPS) is 21.1. The van der Waals surface area contributed by atoms with E-state index >= 15 is 0 Å². The van der Waals surface area contributed by atoms with Gasteiger partial charge in [-0.1, -0.05) is 45.0 Å². The molecule has 5 rings (SSSR count). The summed E-state index contributed by atoms with van der Waals surface area (Å²) in [7, 11) is -1.95. The molecule has 33 heavy (non-hydrogen) atoms. The maximum Gasteiger partial charge on any atom is 0.310 e. The number of hydrogen-bond acceptors (Lipinski definition) is 6. The molecule has 0 bridgehead atoms. The Hall–Kier alpha value is -2.64. The molecule has 2 aliphatic rings. The van der Waals surface area contributed by atoms with Gasteiger partial charge in [0.25, 0.3) is 0 Å². The summed E-state index contributed by atoms with van der Waals surface area (Å²) in [6, 6.07) is 9.28. The van der Waals surface area contributed by atoms with E-state index in [-0.39, 0.29) is 29.0 Å². The molecule has 1 saturated heterocycles. The Bertz CT molecular complexity index is 1330. The zero-order valence-corrected chi connectivity index (χ0v) is 21.0. The first-order chi connectivity index (χ1) is 15.5. The number of esters is 1. The van der Waals surface area contributed by atoms with Gasteiger partial charge in [0.2, 0.25) is 0 Å². The molecule has 1 fully saturated rings. The number of ether oxygens (including phenoxy) is 2. The fourth-order valence-electron chi connectivity index (χ4n) is 4.66. The summed E-state index contributed by atoms with van der Waals surface area (Å²) in [5.74, 6) is 0.896. The SMILES string of the molecule is CC(Cc1cc(=O)c2c3c(c4ccccc4c2o1)OC1CC(=O)OC31)O[Si](C)(C)C(C)(C)C. The van der Waals surface area contributed by atoms with Crippen LogP contribution in [0.2, 0.25) is 18.1 Å². The van der Waals surface area contributed by atoms with Crippen LogP contribution in [0.4, 0.5) is 0 Å². The van der Waals surface area contributed by atoms with Gasteiger partial charge in [-0.15, -0.1) is 0 Å². The van der Waals surface area contributed by atoms with E-state index in [1.165, 1.54) is 0 Å². The molecule has 1 aromatic heterocycles. The summed E-state index contributed by atoms with van der Waals surface area (Å²) in [5, 5.41) is 2.20. The topological polar surface area (TPSA) is 75.0 Å². The van der Waals surface area contributed by atoms with Gasteiger partial charge in [-0.3, -0.25) is 9.59 Å². The van der Waals surface area contributed by atoms with Crippen LogP contribution in [0.3, 0.4) is 0 Å². The Morgan fingerprint density at radius 2 is 1.82 bits per heavy atom. The van der Waals surface area contributed by atoms with Crippen LogP contribution >= 0.6 is 0 Å². The third kappa shape index (κ3) is 3.58. The zero-order valence-electron chi connectivity index (χ0n) is 20.0. The highest BCUT2D eigenvalue weighted by Crippen LogP contribution is 2.50. The number of rotatable bonds is 4. The second-order valence-electron chi connectivity index (χ2n) is 10.7. The number of carbonyl (C=O) groups excluding carboxylic acids is 1. The van der Waals surface area contributed by atoms with Crippen LogP contribution in [0.15, 0.2) is 39.5 Å². The highest BCUT2D eigenvalue weighted by molar-refractivity contribution is 6.74. The van der Waals surface area contributed by atoms with Crippen molar-refractivity contribution in [3.8, 4) is 5.75 Å². The molecule has 3 heterocycles. The molecule has 3 unspecified atom stereocenters. The molecular formula is C26H30O6Si. The second kappa shape index (κ2) is 7.43. The van der Waals surface area contributed by atoms with Crippen LogP contribution in [0.1, 0.15) is 51.5 Å². The summed E-state index contributed by atoms with van der Waals surface area (Å²) in [5.41, 5.74) is 0.990. The van der Waals surface area contributed by atoms with Gasteiger partial charge in [-0.2, -0.15) is 0 Å². The van der Waals surface area contributed by atoms with Gasteiger partial charge in [-0.25, -0.2) is 0 Å². The lowest BCUT2D eigenvalue weighted by atomic mass is 9.96. The third-order valence-corrected chi connectivity index (χ3v) is 11.8. The number of carbonyl (C=O) groups is 1. The molecule has 3 atom stereocenters. The number of fused-ring (bicyclic) bond motifs is 8. The Morgan fingerprint density at radius 3 is 2.52 bits per heavy atom. The summed E-state index contributed by atoms with van der Waals surface area (Å²) >= 11 is 0. The minimum atomic E-state index is -1.95. The van der Waals surface area contributed by atoms with Crippen molar-refractivity contribution in [2.75, 3.05) is 0 Å². The first kappa shape index (κ1) is 22.2. The molecule has 0 saturated carbocycles. The van der Waals surface area contributed by atoms with Crippen LogP contribution in [0.5, 0.6) is 5.75 Å². The monoisotopic (exact) mass is 466 g/mol. The Labute approximate surface area is 194 Å². The van der Waals surface area contributed by atoms with Gasteiger partial charge >= 0.3 is 5.97 Å². The molecule has 0 spiro atoms. The lowest BCUT2D eigenvalue weighted by Crippen LogP contribution is -2.43. The molecule has 6 nitrogen and oxygen atoms in total. The van der Waals surface area contributed by atoms with Gasteiger partial charge in [0.1, 0.15) is 17.1 Å². The predicted molar refractivity (Wildman–Crippen MR) is 129 cm³/mol. The van der Waals surface area contributed by atoms with E-state index in [1.807, 2.05) is 31.2 Å². The fraction of sp³-hybridized carbons (Fsp3) is 0.462. The molecule has 2 aromatic carbocycles.